The molecule has 0 radical (unpaired) electrons. The summed E-state index contributed by atoms with van der Waals surface area (Å²) in [6, 6.07) is 17.5. The molecule has 1 heterocycles. The van der Waals surface area contributed by atoms with Crippen LogP contribution in [0.15, 0.2) is 65.3 Å². The van der Waals surface area contributed by atoms with E-state index in [1.165, 1.54) is 0 Å². The smallest absolute Gasteiger partial charge is 0.276 e. The average molecular weight is 385 g/mol. The first-order chi connectivity index (χ1) is 11.6. The molecule has 2 aromatic carbocycles. The standard InChI is InChI=1S/C18H17BrN4O/c1-13(14-7-4-3-5-8-14)22(2)18(24)17-12-23(21-20-17)16-10-6-9-15(19)11-16/h3-13H,1-2H3. The first-order valence-electron chi connectivity index (χ1n) is 7.56. The van der Waals surface area contributed by atoms with Crippen LogP contribution in [0.3, 0.4) is 0 Å². The van der Waals surface area contributed by atoms with Gasteiger partial charge in [-0.15, -0.1) is 5.10 Å². The summed E-state index contributed by atoms with van der Waals surface area (Å²) in [7, 11) is 1.78. The van der Waals surface area contributed by atoms with Crippen LogP contribution in [0.5, 0.6) is 0 Å². The van der Waals surface area contributed by atoms with Crippen molar-refractivity contribution in [3.63, 3.8) is 0 Å². The van der Waals surface area contributed by atoms with Crippen molar-refractivity contribution < 1.29 is 4.79 Å². The number of hydrogen-bond acceptors (Lipinski definition) is 3. The molecule has 0 saturated carbocycles. The summed E-state index contributed by atoms with van der Waals surface area (Å²) >= 11 is 3.43. The van der Waals surface area contributed by atoms with E-state index >= 15 is 0 Å². The molecule has 6 heteroatoms. The minimum Gasteiger partial charge on any atom is -0.334 e. The van der Waals surface area contributed by atoms with Gasteiger partial charge in [-0.2, -0.15) is 0 Å². The molecule has 0 saturated heterocycles. The van der Waals surface area contributed by atoms with Gasteiger partial charge in [-0.1, -0.05) is 57.5 Å². The number of amides is 1. The Morgan fingerprint density at radius 1 is 1.17 bits per heavy atom. The summed E-state index contributed by atoms with van der Waals surface area (Å²) in [6.07, 6.45) is 1.65. The van der Waals surface area contributed by atoms with E-state index in [0.29, 0.717) is 5.69 Å². The lowest BCUT2D eigenvalue weighted by Crippen LogP contribution is -2.29. The third-order valence-corrected chi connectivity index (χ3v) is 4.46. The zero-order valence-corrected chi connectivity index (χ0v) is 15.0. The van der Waals surface area contributed by atoms with Crippen LogP contribution >= 0.6 is 15.9 Å². The lowest BCUT2D eigenvalue weighted by Gasteiger charge is -2.24. The molecule has 0 N–H and O–H groups in total. The lowest BCUT2D eigenvalue weighted by atomic mass is 10.1. The zero-order valence-electron chi connectivity index (χ0n) is 13.4. The highest BCUT2D eigenvalue weighted by Crippen LogP contribution is 2.20. The van der Waals surface area contributed by atoms with Gasteiger partial charge in [0.05, 0.1) is 17.9 Å². The molecular weight excluding hydrogens is 368 g/mol. The molecule has 3 aromatic rings. The fraction of sp³-hybridized carbons (Fsp3) is 0.167. The van der Waals surface area contributed by atoms with Crippen molar-refractivity contribution in [1.82, 2.24) is 19.9 Å². The molecule has 0 bridgehead atoms. The molecule has 3 rings (SSSR count). The predicted molar refractivity (Wildman–Crippen MR) is 96.0 cm³/mol. The van der Waals surface area contributed by atoms with Gasteiger partial charge in [0.2, 0.25) is 0 Å². The fourth-order valence-electron chi connectivity index (χ4n) is 2.42. The van der Waals surface area contributed by atoms with E-state index in [-0.39, 0.29) is 11.9 Å². The predicted octanol–water partition coefficient (Wildman–Crippen LogP) is 3.86. The van der Waals surface area contributed by atoms with Crippen molar-refractivity contribution in [2.24, 2.45) is 0 Å². The Morgan fingerprint density at radius 3 is 2.62 bits per heavy atom. The van der Waals surface area contributed by atoms with E-state index in [2.05, 4.69) is 26.2 Å². The van der Waals surface area contributed by atoms with Crippen LogP contribution in [0.4, 0.5) is 0 Å². The second-order valence-electron chi connectivity index (χ2n) is 5.53. The number of carbonyl (C=O) groups is 1. The maximum atomic E-state index is 12.7. The highest BCUT2D eigenvalue weighted by atomic mass is 79.9. The number of hydrogen-bond donors (Lipinski definition) is 0. The van der Waals surface area contributed by atoms with Gasteiger partial charge in [0.15, 0.2) is 5.69 Å². The first kappa shape index (κ1) is 16.4. The van der Waals surface area contributed by atoms with Gasteiger partial charge in [0.1, 0.15) is 0 Å². The molecule has 1 aromatic heterocycles. The number of carbonyl (C=O) groups excluding carboxylic acids is 1. The van der Waals surface area contributed by atoms with E-state index < -0.39 is 0 Å². The Bertz CT molecular complexity index is 847. The Hall–Kier alpha value is -2.47. The third kappa shape index (κ3) is 3.38. The maximum Gasteiger partial charge on any atom is 0.276 e. The molecule has 122 valence electrons. The van der Waals surface area contributed by atoms with Crippen molar-refractivity contribution in [3.05, 3.63) is 76.5 Å². The molecule has 0 fully saturated rings. The summed E-state index contributed by atoms with van der Waals surface area (Å²) in [5.41, 5.74) is 2.24. The highest BCUT2D eigenvalue weighted by molar-refractivity contribution is 9.10. The second-order valence-corrected chi connectivity index (χ2v) is 6.45. The summed E-state index contributed by atoms with van der Waals surface area (Å²) in [5, 5.41) is 8.09. The number of benzene rings is 2. The van der Waals surface area contributed by atoms with Crippen molar-refractivity contribution in [3.8, 4) is 5.69 Å². The minimum absolute atomic E-state index is 0.0466. The fourth-order valence-corrected chi connectivity index (χ4v) is 2.81. The van der Waals surface area contributed by atoms with Crippen LogP contribution in [0.2, 0.25) is 0 Å². The second kappa shape index (κ2) is 6.97. The summed E-state index contributed by atoms with van der Waals surface area (Å²) in [5.74, 6) is -0.160. The van der Waals surface area contributed by atoms with Gasteiger partial charge < -0.3 is 4.90 Å². The average Bonchev–Trinajstić information content (AvgIpc) is 3.10. The minimum atomic E-state index is -0.160. The highest BCUT2D eigenvalue weighted by Gasteiger charge is 2.21. The van der Waals surface area contributed by atoms with E-state index in [9.17, 15) is 4.79 Å². The molecule has 0 aliphatic heterocycles. The zero-order chi connectivity index (χ0) is 17.1. The van der Waals surface area contributed by atoms with E-state index in [1.54, 1.807) is 22.8 Å². The number of halogens is 1. The van der Waals surface area contributed by atoms with Gasteiger partial charge in [-0.25, -0.2) is 4.68 Å². The summed E-state index contributed by atoms with van der Waals surface area (Å²) in [4.78, 5) is 14.3. The topological polar surface area (TPSA) is 51.0 Å². The number of aromatic nitrogens is 3. The first-order valence-corrected chi connectivity index (χ1v) is 8.36. The van der Waals surface area contributed by atoms with Crippen LogP contribution < -0.4 is 0 Å². The van der Waals surface area contributed by atoms with Gasteiger partial charge in [-0.05, 0) is 30.7 Å². The van der Waals surface area contributed by atoms with Crippen LogP contribution in [-0.4, -0.2) is 32.8 Å². The van der Waals surface area contributed by atoms with E-state index in [0.717, 1.165) is 15.7 Å². The maximum absolute atomic E-state index is 12.7. The van der Waals surface area contributed by atoms with Gasteiger partial charge in [-0.3, -0.25) is 4.79 Å². The Morgan fingerprint density at radius 2 is 1.92 bits per heavy atom. The molecule has 1 amide bonds. The molecule has 1 unspecified atom stereocenters. The van der Waals surface area contributed by atoms with Crippen molar-refractivity contribution >= 4 is 21.8 Å². The van der Waals surface area contributed by atoms with Crippen LogP contribution in [0.1, 0.15) is 29.0 Å². The summed E-state index contributed by atoms with van der Waals surface area (Å²) in [6.45, 7) is 1.99. The van der Waals surface area contributed by atoms with E-state index in [4.69, 9.17) is 0 Å². The monoisotopic (exact) mass is 384 g/mol. The third-order valence-electron chi connectivity index (χ3n) is 3.97. The molecule has 1 atom stereocenters. The Labute approximate surface area is 149 Å². The number of rotatable bonds is 4. The van der Waals surface area contributed by atoms with Gasteiger partial charge in [0, 0.05) is 11.5 Å². The molecule has 0 aliphatic carbocycles. The van der Waals surface area contributed by atoms with Gasteiger partial charge >= 0.3 is 0 Å². The Kier molecular flexibility index (Phi) is 4.76. The van der Waals surface area contributed by atoms with Crippen molar-refractivity contribution in [2.75, 3.05) is 7.05 Å². The quantitative estimate of drug-likeness (QED) is 0.685. The molecule has 24 heavy (non-hydrogen) atoms. The largest absolute Gasteiger partial charge is 0.334 e. The van der Waals surface area contributed by atoms with Gasteiger partial charge in [0.25, 0.3) is 5.91 Å². The molecular formula is C18H17BrN4O. The van der Waals surface area contributed by atoms with E-state index in [1.807, 2.05) is 61.5 Å². The summed E-state index contributed by atoms with van der Waals surface area (Å²) < 4.78 is 2.54. The number of nitrogens with zero attached hydrogens (tertiary/aromatic N) is 4. The van der Waals surface area contributed by atoms with Crippen molar-refractivity contribution in [2.45, 2.75) is 13.0 Å². The molecule has 0 aliphatic rings. The normalized spacial score (nSPS) is 12.0. The van der Waals surface area contributed by atoms with Crippen LogP contribution in [-0.2, 0) is 0 Å². The molecule has 5 nitrogen and oxygen atoms in total. The SMILES string of the molecule is CC(c1ccccc1)N(C)C(=O)c1cn(-c2cccc(Br)c2)nn1. The Balaban J connectivity index is 1.81. The van der Waals surface area contributed by atoms with Crippen LogP contribution in [0.25, 0.3) is 5.69 Å². The lowest BCUT2D eigenvalue weighted by molar-refractivity contribution is 0.0736. The van der Waals surface area contributed by atoms with Crippen molar-refractivity contribution in [1.29, 1.82) is 0 Å². The van der Waals surface area contributed by atoms with Crippen LogP contribution in [0, 0.1) is 0 Å². The molecule has 0 spiro atoms.